The third kappa shape index (κ3) is 5.24. The van der Waals surface area contributed by atoms with Crippen molar-refractivity contribution in [3.05, 3.63) is 12.2 Å². The van der Waals surface area contributed by atoms with Crippen molar-refractivity contribution in [1.82, 2.24) is 25.2 Å². The molecule has 3 N–H and O–H groups in total. The molecule has 0 saturated heterocycles. The SMILES string of the molecule is CNCCCCS(=O)(=O)NC(C)c1ncn[nH]1. The summed E-state index contributed by atoms with van der Waals surface area (Å²) in [6, 6.07) is -0.383. The summed E-state index contributed by atoms with van der Waals surface area (Å²) in [5, 5.41) is 9.30. The van der Waals surface area contributed by atoms with Crippen molar-refractivity contribution in [1.29, 1.82) is 0 Å². The molecule has 0 amide bonds. The number of aromatic amines is 1. The van der Waals surface area contributed by atoms with Crippen molar-refractivity contribution in [2.45, 2.75) is 25.8 Å². The maximum Gasteiger partial charge on any atom is 0.212 e. The monoisotopic (exact) mass is 261 g/mol. The molecule has 1 unspecified atom stereocenters. The molecule has 0 saturated carbocycles. The largest absolute Gasteiger partial charge is 0.320 e. The molecule has 1 heterocycles. The maximum atomic E-state index is 11.7. The molecule has 0 radical (unpaired) electrons. The van der Waals surface area contributed by atoms with Gasteiger partial charge in [-0.15, -0.1) is 0 Å². The first-order valence-corrected chi connectivity index (χ1v) is 7.20. The summed E-state index contributed by atoms with van der Waals surface area (Å²) in [5.41, 5.74) is 0. The van der Waals surface area contributed by atoms with E-state index < -0.39 is 10.0 Å². The Morgan fingerprint density at radius 2 is 2.24 bits per heavy atom. The molecule has 0 spiro atoms. The minimum Gasteiger partial charge on any atom is -0.320 e. The Balaban J connectivity index is 2.38. The average molecular weight is 261 g/mol. The Hall–Kier alpha value is -0.990. The van der Waals surface area contributed by atoms with E-state index in [0.717, 1.165) is 13.0 Å². The second-order valence-electron chi connectivity index (χ2n) is 3.84. The molecule has 1 rings (SSSR count). The number of nitrogens with zero attached hydrogens (tertiary/aromatic N) is 2. The fraction of sp³-hybridized carbons (Fsp3) is 0.778. The summed E-state index contributed by atoms with van der Waals surface area (Å²) in [6.07, 6.45) is 2.83. The Kier molecular flexibility index (Phi) is 5.52. The van der Waals surface area contributed by atoms with Gasteiger partial charge in [0.15, 0.2) is 0 Å². The third-order valence-corrected chi connectivity index (χ3v) is 3.83. The lowest BCUT2D eigenvalue weighted by Gasteiger charge is -2.11. The lowest BCUT2D eigenvalue weighted by Crippen LogP contribution is -2.30. The minimum atomic E-state index is -3.25. The van der Waals surface area contributed by atoms with Crippen molar-refractivity contribution >= 4 is 10.0 Å². The molecule has 7 nitrogen and oxygen atoms in total. The van der Waals surface area contributed by atoms with Crippen LogP contribution in [0.15, 0.2) is 6.33 Å². The number of H-pyrrole nitrogens is 1. The van der Waals surface area contributed by atoms with Gasteiger partial charge in [-0.05, 0) is 33.4 Å². The first-order chi connectivity index (χ1) is 8.05. The summed E-state index contributed by atoms with van der Waals surface area (Å²) in [4.78, 5) is 3.91. The minimum absolute atomic E-state index is 0.132. The van der Waals surface area contributed by atoms with E-state index in [1.165, 1.54) is 6.33 Å². The highest BCUT2D eigenvalue weighted by Gasteiger charge is 2.16. The van der Waals surface area contributed by atoms with E-state index in [2.05, 4.69) is 25.2 Å². The van der Waals surface area contributed by atoms with Gasteiger partial charge in [-0.3, -0.25) is 5.10 Å². The highest BCUT2D eigenvalue weighted by atomic mass is 32.2. The maximum absolute atomic E-state index is 11.7. The van der Waals surface area contributed by atoms with Crippen molar-refractivity contribution < 1.29 is 8.42 Å². The van der Waals surface area contributed by atoms with Crippen molar-refractivity contribution in [3.63, 3.8) is 0 Å². The number of sulfonamides is 1. The van der Waals surface area contributed by atoms with E-state index in [1.54, 1.807) is 6.92 Å². The van der Waals surface area contributed by atoms with Gasteiger partial charge in [-0.1, -0.05) is 0 Å². The second-order valence-corrected chi connectivity index (χ2v) is 5.71. The number of hydrogen-bond donors (Lipinski definition) is 3. The van der Waals surface area contributed by atoms with Crippen LogP contribution in [0.4, 0.5) is 0 Å². The Labute approximate surface area is 101 Å². The average Bonchev–Trinajstić information content (AvgIpc) is 2.77. The van der Waals surface area contributed by atoms with Crippen LogP contribution in [0.1, 0.15) is 31.6 Å². The molecular formula is C9H19N5O2S. The van der Waals surface area contributed by atoms with E-state index in [-0.39, 0.29) is 11.8 Å². The Morgan fingerprint density at radius 3 is 2.82 bits per heavy atom. The molecular weight excluding hydrogens is 242 g/mol. The van der Waals surface area contributed by atoms with Crippen LogP contribution in [0.5, 0.6) is 0 Å². The van der Waals surface area contributed by atoms with Crippen LogP contribution in [-0.2, 0) is 10.0 Å². The molecule has 0 aliphatic rings. The summed E-state index contributed by atoms with van der Waals surface area (Å²) in [7, 11) is -1.41. The lowest BCUT2D eigenvalue weighted by atomic mass is 10.3. The van der Waals surface area contributed by atoms with Crippen molar-refractivity contribution in [2.75, 3.05) is 19.3 Å². The molecule has 0 aromatic carbocycles. The van der Waals surface area contributed by atoms with Gasteiger partial charge in [0.05, 0.1) is 11.8 Å². The van der Waals surface area contributed by atoms with E-state index in [9.17, 15) is 8.42 Å². The zero-order valence-corrected chi connectivity index (χ0v) is 10.9. The first kappa shape index (κ1) is 14.1. The summed E-state index contributed by atoms with van der Waals surface area (Å²) in [6.45, 7) is 2.55. The molecule has 1 aromatic heterocycles. The van der Waals surface area contributed by atoms with E-state index in [0.29, 0.717) is 12.2 Å². The molecule has 0 aliphatic carbocycles. The molecule has 1 atom stereocenters. The number of nitrogens with one attached hydrogen (secondary N) is 3. The summed E-state index contributed by atoms with van der Waals surface area (Å²) < 4.78 is 26.0. The topological polar surface area (TPSA) is 99.8 Å². The predicted molar refractivity (Wildman–Crippen MR) is 64.9 cm³/mol. The van der Waals surface area contributed by atoms with Crippen LogP contribution in [-0.4, -0.2) is 42.9 Å². The van der Waals surface area contributed by atoms with Gasteiger partial charge >= 0.3 is 0 Å². The lowest BCUT2D eigenvalue weighted by molar-refractivity contribution is 0.555. The quantitative estimate of drug-likeness (QED) is 0.562. The van der Waals surface area contributed by atoms with E-state index >= 15 is 0 Å². The molecule has 0 bridgehead atoms. The molecule has 17 heavy (non-hydrogen) atoms. The smallest absolute Gasteiger partial charge is 0.212 e. The van der Waals surface area contributed by atoms with E-state index in [1.807, 2.05) is 7.05 Å². The van der Waals surface area contributed by atoms with Crippen LogP contribution in [0.3, 0.4) is 0 Å². The molecule has 0 aliphatic heterocycles. The predicted octanol–water partition coefficient (Wildman–Crippen LogP) is -0.215. The molecule has 98 valence electrons. The second kappa shape index (κ2) is 6.67. The first-order valence-electron chi connectivity index (χ1n) is 5.55. The Bertz CT molecular complexity index is 403. The molecule has 0 fully saturated rings. The van der Waals surface area contributed by atoms with Gasteiger partial charge in [-0.2, -0.15) is 5.10 Å². The molecule has 8 heteroatoms. The third-order valence-electron chi connectivity index (χ3n) is 2.29. The fourth-order valence-electron chi connectivity index (χ4n) is 1.40. The van der Waals surface area contributed by atoms with Crippen LogP contribution in [0.25, 0.3) is 0 Å². The van der Waals surface area contributed by atoms with Gasteiger partial charge in [0.25, 0.3) is 0 Å². The normalized spacial score (nSPS) is 13.8. The van der Waals surface area contributed by atoms with Gasteiger partial charge in [0.2, 0.25) is 10.0 Å². The number of hydrogen-bond acceptors (Lipinski definition) is 5. The van der Waals surface area contributed by atoms with Gasteiger partial charge in [0, 0.05) is 0 Å². The summed E-state index contributed by atoms with van der Waals surface area (Å²) >= 11 is 0. The highest BCUT2D eigenvalue weighted by Crippen LogP contribution is 2.07. The van der Waals surface area contributed by atoms with Crippen molar-refractivity contribution in [3.8, 4) is 0 Å². The number of rotatable bonds is 8. The van der Waals surface area contributed by atoms with Gasteiger partial charge in [0.1, 0.15) is 12.2 Å². The summed E-state index contributed by atoms with van der Waals surface area (Å²) in [5.74, 6) is 0.650. The Morgan fingerprint density at radius 1 is 1.47 bits per heavy atom. The van der Waals surface area contributed by atoms with Gasteiger partial charge < -0.3 is 5.32 Å². The molecule has 1 aromatic rings. The van der Waals surface area contributed by atoms with Crippen LogP contribution in [0, 0.1) is 0 Å². The van der Waals surface area contributed by atoms with Crippen LogP contribution < -0.4 is 10.0 Å². The standard InChI is InChI=1S/C9H19N5O2S/c1-8(9-11-7-12-13-9)14-17(15,16)6-4-3-5-10-2/h7-8,10,14H,3-6H2,1-2H3,(H,11,12,13). The van der Waals surface area contributed by atoms with Gasteiger partial charge in [-0.25, -0.2) is 18.1 Å². The van der Waals surface area contributed by atoms with Crippen LogP contribution >= 0.6 is 0 Å². The zero-order chi connectivity index (χ0) is 12.7. The highest BCUT2D eigenvalue weighted by molar-refractivity contribution is 7.89. The van der Waals surface area contributed by atoms with E-state index in [4.69, 9.17) is 0 Å². The zero-order valence-electron chi connectivity index (χ0n) is 10.1. The van der Waals surface area contributed by atoms with Crippen LogP contribution in [0.2, 0.25) is 0 Å². The number of unbranched alkanes of at least 4 members (excludes halogenated alkanes) is 1. The van der Waals surface area contributed by atoms with Crippen molar-refractivity contribution in [2.24, 2.45) is 0 Å². The fourth-order valence-corrected chi connectivity index (χ4v) is 2.75. The number of aromatic nitrogens is 3.